The lowest BCUT2D eigenvalue weighted by Gasteiger charge is -1.99. The van der Waals surface area contributed by atoms with E-state index in [0.29, 0.717) is 0 Å². The Morgan fingerprint density at radius 3 is 2.57 bits per heavy atom. The molecule has 1 heterocycles. The molecule has 2 rings (SSSR count). The number of benzene rings is 1. The van der Waals surface area contributed by atoms with Crippen molar-refractivity contribution >= 4 is 0 Å². The van der Waals surface area contributed by atoms with Gasteiger partial charge in [0.15, 0.2) is 5.82 Å². The zero-order chi connectivity index (χ0) is 9.80. The largest absolute Gasteiger partial charge is 0.233 e. The van der Waals surface area contributed by atoms with E-state index in [1.54, 1.807) is 4.68 Å². The monoisotopic (exact) mass is 188 g/mol. The molecule has 0 spiro atoms. The van der Waals surface area contributed by atoms with Gasteiger partial charge in [-0.05, 0) is 22.4 Å². The fraction of sp³-hybridized carbons (Fsp3) is 0.300. The Labute approximate surface area is 82.6 Å². The van der Waals surface area contributed by atoms with E-state index in [1.807, 2.05) is 25.2 Å². The number of aromatic nitrogens is 4. The molecule has 0 amide bonds. The Kier molecular flexibility index (Phi) is 2.53. The van der Waals surface area contributed by atoms with E-state index >= 15 is 0 Å². The molecule has 0 radical (unpaired) electrons. The molecule has 0 aliphatic carbocycles. The minimum atomic E-state index is 0.882. The molecule has 0 N–H and O–H groups in total. The molecule has 0 aliphatic heterocycles. The van der Waals surface area contributed by atoms with Gasteiger partial charge in [0.25, 0.3) is 0 Å². The topological polar surface area (TPSA) is 43.6 Å². The van der Waals surface area contributed by atoms with Crippen molar-refractivity contribution in [3.05, 3.63) is 41.7 Å². The van der Waals surface area contributed by atoms with E-state index in [0.717, 1.165) is 18.7 Å². The third-order valence-corrected chi connectivity index (χ3v) is 2.19. The molecule has 4 nitrogen and oxygen atoms in total. The first-order valence-electron chi connectivity index (χ1n) is 4.61. The molecule has 0 unspecified atom stereocenters. The highest BCUT2D eigenvalue weighted by Gasteiger charge is 2.01. The summed E-state index contributed by atoms with van der Waals surface area (Å²) in [7, 11) is 1.86. The van der Waals surface area contributed by atoms with Gasteiger partial charge in [-0.3, -0.25) is 0 Å². The summed E-state index contributed by atoms with van der Waals surface area (Å²) >= 11 is 0. The zero-order valence-electron chi connectivity index (χ0n) is 8.09. The normalized spacial score (nSPS) is 10.4. The molecule has 2 aromatic rings. The predicted octanol–water partition coefficient (Wildman–Crippen LogP) is 0.995. The van der Waals surface area contributed by atoms with Gasteiger partial charge in [0.05, 0.1) is 0 Å². The molecule has 0 aliphatic rings. The summed E-state index contributed by atoms with van der Waals surface area (Å²) in [6.07, 6.45) is 1.86. The lowest BCUT2D eigenvalue weighted by molar-refractivity contribution is 0.672. The van der Waals surface area contributed by atoms with Crippen LogP contribution in [-0.4, -0.2) is 20.2 Å². The van der Waals surface area contributed by atoms with Crippen LogP contribution in [0.4, 0.5) is 0 Å². The molecule has 1 aromatic heterocycles. The smallest absolute Gasteiger partial charge is 0.151 e. The highest BCUT2D eigenvalue weighted by Crippen LogP contribution is 2.03. The molecule has 14 heavy (non-hydrogen) atoms. The number of aryl methyl sites for hydroxylation is 3. The fourth-order valence-corrected chi connectivity index (χ4v) is 1.36. The zero-order valence-corrected chi connectivity index (χ0v) is 8.09. The second kappa shape index (κ2) is 4.00. The van der Waals surface area contributed by atoms with Gasteiger partial charge in [-0.1, -0.05) is 30.3 Å². The fourth-order valence-electron chi connectivity index (χ4n) is 1.36. The van der Waals surface area contributed by atoms with Crippen LogP contribution in [0.2, 0.25) is 0 Å². The average Bonchev–Trinajstić information content (AvgIpc) is 2.63. The molecule has 0 saturated heterocycles. The minimum Gasteiger partial charge on any atom is -0.233 e. The molecule has 0 saturated carbocycles. The van der Waals surface area contributed by atoms with Crippen LogP contribution in [0.15, 0.2) is 30.3 Å². The van der Waals surface area contributed by atoms with E-state index in [2.05, 4.69) is 27.7 Å². The number of tetrazole rings is 1. The summed E-state index contributed by atoms with van der Waals surface area (Å²) in [6.45, 7) is 0. The Bertz CT molecular complexity index is 394. The van der Waals surface area contributed by atoms with Crippen LogP contribution in [0.3, 0.4) is 0 Å². The summed E-state index contributed by atoms with van der Waals surface area (Å²) in [5.74, 6) is 0.925. The maximum Gasteiger partial charge on any atom is 0.151 e. The van der Waals surface area contributed by atoms with Gasteiger partial charge >= 0.3 is 0 Å². The summed E-state index contributed by atoms with van der Waals surface area (Å²) < 4.78 is 1.71. The van der Waals surface area contributed by atoms with Crippen molar-refractivity contribution in [2.24, 2.45) is 7.05 Å². The summed E-state index contributed by atoms with van der Waals surface area (Å²) in [6, 6.07) is 10.3. The van der Waals surface area contributed by atoms with E-state index in [4.69, 9.17) is 0 Å². The molecule has 4 heteroatoms. The van der Waals surface area contributed by atoms with Crippen molar-refractivity contribution in [3.63, 3.8) is 0 Å². The third kappa shape index (κ3) is 1.96. The molecule has 72 valence electrons. The molecule has 0 bridgehead atoms. The Morgan fingerprint density at radius 2 is 1.93 bits per heavy atom. The maximum atomic E-state index is 3.93. The number of nitrogens with zero attached hydrogens (tertiary/aromatic N) is 4. The minimum absolute atomic E-state index is 0.882. The lowest BCUT2D eigenvalue weighted by Crippen LogP contribution is -2.01. The van der Waals surface area contributed by atoms with Crippen LogP contribution in [0.5, 0.6) is 0 Å². The van der Waals surface area contributed by atoms with Crippen LogP contribution in [0.1, 0.15) is 11.4 Å². The second-order valence-electron chi connectivity index (χ2n) is 3.20. The number of rotatable bonds is 3. The Balaban J connectivity index is 1.99. The molecular weight excluding hydrogens is 176 g/mol. The van der Waals surface area contributed by atoms with Gasteiger partial charge in [-0.25, -0.2) is 4.68 Å². The van der Waals surface area contributed by atoms with E-state index < -0.39 is 0 Å². The van der Waals surface area contributed by atoms with Gasteiger partial charge in [-0.15, -0.1) is 5.10 Å². The van der Waals surface area contributed by atoms with Crippen LogP contribution in [0, 0.1) is 0 Å². The first kappa shape index (κ1) is 8.87. The standard InChI is InChI=1S/C10H12N4/c1-14-10(11-12-13-14)8-7-9-5-3-2-4-6-9/h2-6H,7-8H2,1H3. The number of hydrogen-bond donors (Lipinski definition) is 0. The molecule has 1 aromatic carbocycles. The van der Waals surface area contributed by atoms with E-state index in [-0.39, 0.29) is 0 Å². The van der Waals surface area contributed by atoms with Crippen molar-refractivity contribution in [2.75, 3.05) is 0 Å². The van der Waals surface area contributed by atoms with Crippen molar-refractivity contribution in [2.45, 2.75) is 12.8 Å². The third-order valence-electron chi connectivity index (χ3n) is 2.19. The lowest BCUT2D eigenvalue weighted by atomic mass is 10.1. The average molecular weight is 188 g/mol. The predicted molar refractivity (Wildman–Crippen MR) is 52.6 cm³/mol. The van der Waals surface area contributed by atoms with Gasteiger partial charge in [0, 0.05) is 13.5 Å². The molecule has 0 fully saturated rings. The maximum absolute atomic E-state index is 3.93. The van der Waals surface area contributed by atoms with Crippen molar-refractivity contribution in [1.29, 1.82) is 0 Å². The SMILES string of the molecule is Cn1nnnc1CCc1ccccc1. The Morgan fingerprint density at radius 1 is 1.14 bits per heavy atom. The van der Waals surface area contributed by atoms with Crippen molar-refractivity contribution in [3.8, 4) is 0 Å². The van der Waals surface area contributed by atoms with Crippen molar-refractivity contribution < 1.29 is 0 Å². The van der Waals surface area contributed by atoms with Crippen LogP contribution >= 0.6 is 0 Å². The van der Waals surface area contributed by atoms with E-state index in [1.165, 1.54) is 5.56 Å². The van der Waals surface area contributed by atoms with Crippen LogP contribution in [0.25, 0.3) is 0 Å². The van der Waals surface area contributed by atoms with Crippen LogP contribution < -0.4 is 0 Å². The summed E-state index contributed by atoms with van der Waals surface area (Å²) in [5, 5.41) is 11.3. The first-order chi connectivity index (χ1) is 6.86. The number of hydrogen-bond acceptors (Lipinski definition) is 3. The van der Waals surface area contributed by atoms with E-state index in [9.17, 15) is 0 Å². The first-order valence-corrected chi connectivity index (χ1v) is 4.61. The summed E-state index contributed by atoms with van der Waals surface area (Å²) in [5.41, 5.74) is 1.32. The highest BCUT2D eigenvalue weighted by atomic mass is 15.5. The molecule has 0 atom stereocenters. The van der Waals surface area contributed by atoms with Crippen LogP contribution in [-0.2, 0) is 19.9 Å². The highest BCUT2D eigenvalue weighted by molar-refractivity contribution is 5.15. The van der Waals surface area contributed by atoms with Gasteiger partial charge in [0.2, 0.25) is 0 Å². The van der Waals surface area contributed by atoms with Gasteiger partial charge < -0.3 is 0 Å². The van der Waals surface area contributed by atoms with Gasteiger partial charge in [0.1, 0.15) is 0 Å². The molecular formula is C10H12N4. The van der Waals surface area contributed by atoms with Gasteiger partial charge in [-0.2, -0.15) is 0 Å². The summed E-state index contributed by atoms with van der Waals surface area (Å²) in [4.78, 5) is 0. The Hall–Kier alpha value is -1.71. The second-order valence-corrected chi connectivity index (χ2v) is 3.20. The quantitative estimate of drug-likeness (QED) is 0.721. The van der Waals surface area contributed by atoms with Crippen molar-refractivity contribution in [1.82, 2.24) is 20.2 Å².